The van der Waals surface area contributed by atoms with Crippen molar-refractivity contribution in [2.75, 3.05) is 13.2 Å². The number of carbonyl (C=O) groups is 3. The van der Waals surface area contributed by atoms with Crippen LogP contribution in [0.5, 0.6) is 0 Å². The first kappa shape index (κ1) is 16.3. The van der Waals surface area contributed by atoms with Crippen molar-refractivity contribution in [2.45, 2.75) is 13.8 Å². The van der Waals surface area contributed by atoms with Crippen LogP contribution in [-0.4, -0.2) is 36.9 Å². The van der Waals surface area contributed by atoms with Crippen molar-refractivity contribution in [2.24, 2.45) is 0 Å². The second-order valence-electron chi connectivity index (χ2n) is 2.05. The zero-order chi connectivity index (χ0) is 13.0. The predicted octanol–water partition coefficient (Wildman–Crippen LogP) is -0.159. The third kappa shape index (κ3) is 8.44. The third-order valence-electron chi connectivity index (χ3n) is 0.994. The van der Waals surface area contributed by atoms with Crippen LogP contribution in [0.25, 0.3) is 0 Å². The SMILES string of the molecule is C=C=C=O.CCOC(=O)C(=O)C(=O)OCC. The molecule has 0 aliphatic heterocycles. The van der Waals surface area contributed by atoms with Crippen LogP contribution in [0, 0.1) is 0 Å². The van der Waals surface area contributed by atoms with E-state index in [2.05, 4.69) is 16.1 Å². The van der Waals surface area contributed by atoms with Gasteiger partial charge in [-0.05, 0) is 26.2 Å². The fourth-order valence-corrected chi connectivity index (χ4v) is 0.477. The number of hydrogen-bond acceptors (Lipinski definition) is 6. The van der Waals surface area contributed by atoms with Crippen LogP contribution in [0.1, 0.15) is 13.8 Å². The van der Waals surface area contributed by atoms with Crippen molar-refractivity contribution < 1.29 is 28.7 Å². The first-order valence-electron chi connectivity index (χ1n) is 4.32. The van der Waals surface area contributed by atoms with E-state index in [1.165, 1.54) is 19.8 Å². The molecule has 0 aliphatic carbocycles. The van der Waals surface area contributed by atoms with Crippen LogP contribution in [0.3, 0.4) is 0 Å². The molecule has 0 aromatic heterocycles. The van der Waals surface area contributed by atoms with E-state index in [0.717, 1.165) is 0 Å². The molecule has 0 unspecified atom stereocenters. The van der Waals surface area contributed by atoms with Gasteiger partial charge in [0.25, 0.3) is 0 Å². The van der Waals surface area contributed by atoms with Gasteiger partial charge in [-0.2, -0.15) is 0 Å². The van der Waals surface area contributed by atoms with E-state index in [0.29, 0.717) is 0 Å². The average Bonchev–Trinajstić information content (AvgIpc) is 2.29. The number of carbonyl (C=O) groups excluding carboxylic acids is 4. The molecule has 16 heavy (non-hydrogen) atoms. The summed E-state index contributed by atoms with van der Waals surface area (Å²) in [7, 11) is 0. The lowest BCUT2D eigenvalue weighted by Gasteiger charge is -1.99. The Morgan fingerprint density at radius 2 is 1.38 bits per heavy atom. The molecule has 0 aromatic carbocycles. The van der Waals surface area contributed by atoms with Crippen LogP contribution in [0.4, 0.5) is 0 Å². The summed E-state index contributed by atoms with van der Waals surface area (Å²) in [5.74, 6) is -2.29. The Balaban J connectivity index is 0. The summed E-state index contributed by atoms with van der Waals surface area (Å²) in [6.45, 7) is 6.13. The van der Waals surface area contributed by atoms with Gasteiger partial charge in [-0.15, -0.1) is 0 Å². The molecule has 0 N–H and O–H groups in total. The average molecular weight is 228 g/mol. The molecule has 6 nitrogen and oxygen atoms in total. The van der Waals surface area contributed by atoms with Crippen LogP contribution in [0.15, 0.2) is 12.3 Å². The maximum absolute atomic E-state index is 10.7. The van der Waals surface area contributed by atoms with Gasteiger partial charge in [0.05, 0.1) is 13.2 Å². The Kier molecular flexibility index (Phi) is 11.1. The molecule has 0 aliphatic rings. The summed E-state index contributed by atoms with van der Waals surface area (Å²) in [5, 5.41) is 0. The van der Waals surface area contributed by atoms with E-state index in [1.807, 2.05) is 5.73 Å². The number of Topliss-reactive ketones (excluding diaryl/α,β-unsaturated/α-hetero) is 1. The maximum Gasteiger partial charge on any atom is 0.386 e. The number of ketones is 1. The van der Waals surface area contributed by atoms with Crippen molar-refractivity contribution in [3.05, 3.63) is 12.3 Å². The standard InChI is InChI=1S/C7H10O5.C3H2O/c1-3-11-6(9)5(8)7(10)12-4-2;1-2-3-4/h3-4H2,1-2H3;1H2. The fraction of sp³-hybridized carbons (Fsp3) is 0.400. The van der Waals surface area contributed by atoms with Crippen molar-refractivity contribution in [1.82, 2.24) is 0 Å². The highest BCUT2D eigenvalue weighted by molar-refractivity contribution is 6.60. The van der Waals surface area contributed by atoms with Crippen molar-refractivity contribution in [3.63, 3.8) is 0 Å². The maximum atomic E-state index is 10.7. The number of esters is 2. The quantitative estimate of drug-likeness (QED) is 0.218. The second-order valence-corrected chi connectivity index (χ2v) is 2.05. The van der Waals surface area contributed by atoms with Gasteiger partial charge in [-0.3, -0.25) is 4.79 Å². The van der Waals surface area contributed by atoms with Crippen LogP contribution < -0.4 is 0 Å². The molecule has 0 radical (unpaired) electrons. The first-order valence-corrected chi connectivity index (χ1v) is 4.32. The molecule has 0 rings (SSSR count). The second kappa shape index (κ2) is 10.9. The smallest absolute Gasteiger partial charge is 0.386 e. The minimum atomic E-state index is -1.27. The molecule has 0 amide bonds. The molecule has 0 saturated heterocycles. The molecule has 0 heterocycles. The highest BCUT2D eigenvalue weighted by Gasteiger charge is 2.25. The van der Waals surface area contributed by atoms with Gasteiger partial charge in [-0.1, -0.05) is 0 Å². The van der Waals surface area contributed by atoms with Crippen LogP contribution in [-0.2, 0) is 28.7 Å². The van der Waals surface area contributed by atoms with E-state index in [4.69, 9.17) is 4.79 Å². The molecule has 0 spiro atoms. The fourth-order valence-electron chi connectivity index (χ4n) is 0.477. The topological polar surface area (TPSA) is 86.7 Å². The zero-order valence-electron chi connectivity index (χ0n) is 9.07. The number of ether oxygens (including phenoxy) is 2. The molecule has 0 fully saturated rings. The number of hydrogen-bond donors (Lipinski definition) is 0. The minimum absolute atomic E-state index is 0.0595. The lowest BCUT2D eigenvalue weighted by Crippen LogP contribution is -2.27. The summed E-state index contributed by atoms with van der Waals surface area (Å²) < 4.78 is 8.56. The lowest BCUT2D eigenvalue weighted by molar-refractivity contribution is -0.164. The third-order valence-corrected chi connectivity index (χ3v) is 0.994. The Labute approximate surface area is 92.5 Å². The summed E-state index contributed by atoms with van der Waals surface area (Å²) in [6.07, 6.45) is 0. The van der Waals surface area contributed by atoms with Crippen molar-refractivity contribution in [1.29, 1.82) is 0 Å². The monoisotopic (exact) mass is 228 g/mol. The van der Waals surface area contributed by atoms with Crippen LogP contribution >= 0.6 is 0 Å². The Morgan fingerprint density at radius 3 is 1.56 bits per heavy atom. The van der Waals surface area contributed by atoms with E-state index >= 15 is 0 Å². The molecular formula is C10H12O6. The summed E-state index contributed by atoms with van der Waals surface area (Å²) in [6, 6.07) is 0. The molecule has 0 aromatic rings. The van der Waals surface area contributed by atoms with Crippen molar-refractivity contribution >= 4 is 23.7 Å². The Bertz CT molecular complexity index is 290. The lowest BCUT2D eigenvalue weighted by atomic mass is 10.4. The van der Waals surface area contributed by atoms with E-state index in [1.54, 1.807) is 0 Å². The Hall–Kier alpha value is -2.16. The zero-order valence-corrected chi connectivity index (χ0v) is 9.07. The van der Waals surface area contributed by atoms with Crippen molar-refractivity contribution in [3.8, 4) is 0 Å². The number of rotatable bonds is 4. The summed E-state index contributed by atoms with van der Waals surface area (Å²) in [5.41, 5.74) is 1.88. The highest BCUT2D eigenvalue weighted by Crippen LogP contribution is 1.85. The van der Waals surface area contributed by atoms with Gasteiger partial charge in [0, 0.05) is 0 Å². The van der Waals surface area contributed by atoms with E-state index in [9.17, 15) is 14.4 Å². The summed E-state index contributed by atoms with van der Waals surface area (Å²) in [4.78, 5) is 40.7. The van der Waals surface area contributed by atoms with E-state index in [-0.39, 0.29) is 13.2 Å². The minimum Gasteiger partial charge on any atom is -0.460 e. The molecule has 88 valence electrons. The largest absolute Gasteiger partial charge is 0.460 e. The summed E-state index contributed by atoms with van der Waals surface area (Å²) >= 11 is 0. The van der Waals surface area contributed by atoms with Gasteiger partial charge in [0.15, 0.2) is 5.94 Å². The Morgan fingerprint density at radius 1 is 1.06 bits per heavy atom. The molecule has 6 heteroatoms. The molecule has 0 saturated carbocycles. The van der Waals surface area contributed by atoms with Gasteiger partial charge in [0.2, 0.25) is 0 Å². The predicted molar refractivity (Wildman–Crippen MR) is 53.1 cm³/mol. The van der Waals surface area contributed by atoms with Gasteiger partial charge >= 0.3 is 17.7 Å². The van der Waals surface area contributed by atoms with E-state index < -0.39 is 17.7 Å². The molecule has 0 atom stereocenters. The molecular weight excluding hydrogens is 216 g/mol. The normalized spacial score (nSPS) is 7.38. The van der Waals surface area contributed by atoms with Gasteiger partial charge in [0.1, 0.15) is 0 Å². The first-order chi connectivity index (χ1) is 7.54. The molecule has 0 bridgehead atoms. The van der Waals surface area contributed by atoms with Gasteiger partial charge < -0.3 is 9.47 Å². The highest BCUT2D eigenvalue weighted by atomic mass is 16.6. The van der Waals surface area contributed by atoms with Gasteiger partial charge in [-0.25, -0.2) is 14.4 Å². The van der Waals surface area contributed by atoms with Crippen LogP contribution in [0.2, 0.25) is 0 Å².